The van der Waals surface area contributed by atoms with Gasteiger partial charge in [0.1, 0.15) is 78.3 Å². The van der Waals surface area contributed by atoms with Crippen LogP contribution in [0.4, 0.5) is 0 Å². The number of aliphatic hydroxyl groups is 2. The second kappa shape index (κ2) is 47.9. The van der Waals surface area contributed by atoms with Crippen LogP contribution in [-0.4, -0.2) is 214 Å². The molecule has 0 radical (unpaired) electrons. The summed E-state index contributed by atoms with van der Waals surface area (Å²) >= 11 is 0. The van der Waals surface area contributed by atoms with E-state index in [1.807, 2.05) is 0 Å². The third-order valence-corrected chi connectivity index (χ3v) is 16.7. The van der Waals surface area contributed by atoms with E-state index >= 15 is 0 Å². The lowest BCUT2D eigenvalue weighted by Gasteiger charge is -2.30. The molecular weight excluding hydrogens is 1330 g/mol. The molecule has 102 heavy (non-hydrogen) atoms. The van der Waals surface area contributed by atoms with Crippen LogP contribution in [-0.2, 0) is 68.7 Å². The molecule has 26 N–H and O–H groups in total. The number of carbonyl (C=O) groups is 13. The van der Waals surface area contributed by atoms with Gasteiger partial charge in [-0.1, -0.05) is 73.9 Å². The van der Waals surface area contributed by atoms with Crippen LogP contribution in [0, 0.1) is 23.7 Å². The van der Waals surface area contributed by atoms with Crippen LogP contribution in [0.15, 0.2) is 24.3 Å². The first kappa shape index (κ1) is 91.9. The second-order valence-corrected chi connectivity index (χ2v) is 27.5. The molecule has 0 saturated heterocycles. The Morgan fingerprint density at radius 2 is 0.637 bits per heavy atom. The predicted octanol–water partition coefficient (Wildman–Crippen LogP) is -3.50. The number of unbranched alkanes of at least 4 members (excludes halogenated alkanes) is 4. The molecule has 0 fully saturated rings. The van der Waals surface area contributed by atoms with Crippen LogP contribution >= 0.6 is 0 Å². The molecule has 0 bridgehead atoms. The van der Waals surface area contributed by atoms with E-state index in [1.165, 1.54) is 45.0 Å². The summed E-state index contributed by atoms with van der Waals surface area (Å²) in [7, 11) is 0. The Hall–Kier alpha value is -8.15. The molecule has 1 aromatic carbocycles. The van der Waals surface area contributed by atoms with Crippen LogP contribution in [0.25, 0.3) is 0 Å². The number of amides is 12. The third kappa shape index (κ3) is 33.8. The average Bonchev–Trinajstić information content (AvgIpc) is 0.850. The molecule has 34 nitrogen and oxygen atoms in total. The van der Waals surface area contributed by atoms with Gasteiger partial charge in [-0.15, -0.1) is 0 Å². The highest BCUT2D eigenvalue weighted by Gasteiger charge is 2.39. The van der Waals surface area contributed by atoms with Gasteiger partial charge in [0.2, 0.25) is 70.9 Å². The smallest absolute Gasteiger partial charge is 0.326 e. The summed E-state index contributed by atoms with van der Waals surface area (Å²) in [5.74, 6) is -13.9. The molecule has 0 aliphatic heterocycles. The number of carbonyl (C=O) groups excluding carboxylic acids is 12. The number of nitrogens with one attached hydrogen (secondary N) is 12. The lowest BCUT2D eigenvalue weighted by Crippen LogP contribution is -2.63. The van der Waals surface area contributed by atoms with Gasteiger partial charge in [0.05, 0.1) is 18.2 Å². The summed E-state index contributed by atoms with van der Waals surface area (Å²) in [6.45, 7) is 19.2. The minimum absolute atomic E-state index is 0.0268. The minimum atomic E-state index is -1.80. The Bertz CT molecular complexity index is 2850. The van der Waals surface area contributed by atoms with Crippen molar-refractivity contribution in [1.82, 2.24) is 63.8 Å². The molecule has 12 amide bonds. The summed E-state index contributed by atoms with van der Waals surface area (Å²) in [5.41, 5.74) is 29.4. The standard InChI is InChI=1S/C68H121N17O17/c1-35(2)33-49(62(95)83-53(38(7)8)68(101)102)79-64(97)51(36(3)4)82-63(96)50(34-43-25-27-44(88)28-26-43)80-67(100)55(42(12)87)84-57(90)40(10)74-56(89)39(9)75-66(99)54(41(11)86)85-65(98)52(37(5)6)81-61(94)48(24-16-20-32-72)78-60(93)47(23-15-19-31-71)77-59(92)46(22-14-18-30-70)76-58(91)45(73)21-13-17-29-69/h25-28,35-42,45-55,86-88H,13-24,29-34,69-73H2,1-12H3,(H,74,89)(H,75,99)(H,76,91)(H,77,92)(H,78,93)(H,79,97)(H,80,100)(H,81,94)(H,82,96)(H,83,95)(H,84,90)(H,85,98)(H,101,102)/t39-,40-,41+,42+,45-,46-,47-,48-,49-,50-,51-,52-,53-,54-,55-/m0/s1. The molecule has 0 aliphatic carbocycles. The number of rotatable bonds is 50. The Balaban J connectivity index is 3.38. The normalized spacial score (nSPS) is 15.9. The molecule has 1 rings (SSSR count). The summed E-state index contributed by atoms with van der Waals surface area (Å²) in [5, 5.41) is 72.1. The molecule has 0 saturated carbocycles. The summed E-state index contributed by atoms with van der Waals surface area (Å²) in [6.07, 6.45) is 1.03. The number of aromatic hydroxyl groups is 1. The van der Waals surface area contributed by atoms with Crippen LogP contribution in [0.2, 0.25) is 0 Å². The van der Waals surface area contributed by atoms with Gasteiger partial charge in [0.25, 0.3) is 0 Å². The minimum Gasteiger partial charge on any atom is -0.508 e. The van der Waals surface area contributed by atoms with Crippen LogP contribution in [0.1, 0.15) is 172 Å². The van der Waals surface area contributed by atoms with Crippen molar-refractivity contribution in [3.05, 3.63) is 29.8 Å². The first-order chi connectivity index (χ1) is 47.8. The van der Waals surface area contributed by atoms with Crippen molar-refractivity contribution in [3.8, 4) is 5.75 Å². The SMILES string of the molecule is CC(C)C[C@H](NC(=O)[C@@H](NC(=O)[C@H](Cc1ccc(O)cc1)NC(=O)[C@@H](NC(=O)[C@H](C)NC(=O)[C@H](C)NC(=O)[C@@H](NC(=O)[C@@H](NC(=O)[C@H](CCCCN)NC(=O)[C@H](CCCCN)NC(=O)[C@H](CCCCN)NC(=O)[C@@H](N)CCCCN)C(C)C)[C@@H](C)O)[C@@H](C)O)C(C)C)C(=O)N[C@H](C(=O)O)C(C)C. The maximum atomic E-state index is 14.3. The Labute approximate surface area is 599 Å². The van der Waals surface area contributed by atoms with Gasteiger partial charge in [-0.2, -0.15) is 0 Å². The molecule has 15 atom stereocenters. The van der Waals surface area contributed by atoms with Crippen molar-refractivity contribution >= 4 is 76.9 Å². The number of carboxylic acids is 1. The number of aliphatic hydroxyl groups excluding tert-OH is 2. The van der Waals surface area contributed by atoms with Gasteiger partial charge < -0.3 is 113 Å². The monoisotopic (exact) mass is 1450 g/mol. The number of benzene rings is 1. The van der Waals surface area contributed by atoms with E-state index in [9.17, 15) is 82.8 Å². The number of hydrogen-bond acceptors (Lipinski definition) is 21. The molecular formula is C68H121N17O17. The second-order valence-electron chi connectivity index (χ2n) is 27.5. The number of carboxylic acid groups (broad SMARTS) is 1. The third-order valence-electron chi connectivity index (χ3n) is 16.7. The predicted molar refractivity (Wildman–Crippen MR) is 381 cm³/mol. The van der Waals surface area contributed by atoms with Gasteiger partial charge >= 0.3 is 5.97 Å². The molecule has 0 unspecified atom stereocenters. The van der Waals surface area contributed by atoms with Crippen molar-refractivity contribution in [2.45, 2.75) is 264 Å². The van der Waals surface area contributed by atoms with Crippen molar-refractivity contribution in [2.24, 2.45) is 52.3 Å². The zero-order valence-electron chi connectivity index (χ0n) is 61.5. The van der Waals surface area contributed by atoms with Crippen LogP contribution < -0.4 is 92.5 Å². The molecule has 0 heterocycles. The molecule has 0 aliphatic rings. The molecule has 34 heteroatoms. The Morgan fingerprint density at radius 1 is 0.343 bits per heavy atom. The highest BCUT2D eigenvalue weighted by Crippen LogP contribution is 2.16. The first-order valence-corrected chi connectivity index (χ1v) is 35.4. The summed E-state index contributed by atoms with van der Waals surface area (Å²) < 4.78 is 0. The van der Waals surface area contributed by atoms with Gasteiger partial charge in [0.15, 0.2) is 0 Å². The van der Waals surface area contributed by atoms with E-state index in [1.54, 1.807) is 55.4 Å². The number of nitrogens with two attached hydrogens (primary N) is 5. The summed E-state index contributed by atoms with van der Waals surface area (Å²) in [4.78, 5) is 179. The first-order valence-electron chi connectivity index (χ1n) is 35.4. The highest BCUT2D eigenvalue weighted by molar-refractivity contribution is 6.00. The van der Waals surface area contributed by atoms with E-state index in [-0.39, 0.29) is 56.9 Å². The van der Waals surface area contributed by atoms with Crippen molar-refractivity contribution < 1.29 is 82.8 Å². The maximum absolute atomic E-state index is 14.3. The van der Waals surface area contributed by atoms with E-state index in [2.05, 4.69) is 63.8 Å². The van der Waals surface area contributed by atoms with Crippen molar-refractivity contribution in [3.63, 3.8) is 0 Å². The van der Waals surface area contributed by atoms with Gasteiger partial charge in [0, 0.05) is 6.42 Å². The fourth-order valence-electron chi connectivity index (χ4n) is 10.5. The maximum Gasteiger partial charge on any atom is 0.326 e. The van der Waals surface area contributed by atoms with E-state index in [0.717, 1.165) is 6.92 Å². The van der Waals surface area contributed by atoms with Gasteiger partial charge in [-0.05, 0) is 172 Å². The molecule has 0 spiro atoms. The Morgan fingerprint density at radius 3 is 1.03 bits per heavy atom. The average molecular weight is 1450 g/mol. The van der Waals surface area contributed by atoms with E-state index < -0.39 is 185 Å². The molecule has 0 aromatic heterocycles. The van der Waals surface area contributed by atoms with Gasteiger partial charge in [-0.3, -0.25) is 57.5 Å². The summed E-state index contributed by atoms with van der Waals surface area (Å²) in [6, 6.07) is -12.3. The number of hydrogen-bond donors (Lipinski definition) is 21. The quantitative estimate of drug-likeness (QED) is 0.0281. The van der Waals surface area contributed by atoms with E-state index in [0.29, 0.717) is 76.4 Å². The topological polar surface area (TPSA) is 577 Å². The fraction of sp³-hybridized carbons (Fsp3) is 0.721. The van der Waals surface area contributed by atoms with Crippen molar-refractivity contribution in [2.75, 3.05) is 26.2 Å². The van der Waals surface area contributed by atoms with Crippen LogP contribution in [0.3, 0.4) is 0 Å². The Kier molecular flexibility index (Phi) is 43.2. The molecule has 580 valence electrons. The molecule has 1 aromatic rings. The highest BCUT2D eigenvalue weighted by atomic mass is 16.4. The zero-order valence-corrected chi connectivity index (χ0v) is 61.5. The fourth-order valence-corrected chi connectivity index (χ4v) is 10.5. The lowest BCUT2D eigenvalue weighted by atomic mass is 9.98. The zero-order chi connectivity index (χ0) is 77.7. The van der Waals surface area contributed by atoms with Gasteiger partial charge in [-0.25, -0.2) is 4.79 Å². The largest absolute Gasteiger partial charge is 0.508 e. The van der Waals surface area contributed by atoms with Crippen LogP contribution in [0.5, 0.6) is 5.75 Å². The van der Waals surface area contributed by atoms with E-state index in [4.69, 9.17) is 28.7 Å². The number of phenolic OH excluding ortho intramolecular Hbond substituents is 1. The number of phenols is 1. The lowest BCUT2D eigenvalue weighted by molar-refractivity contribution is -0.143. The van der Waals surface area contributed by atoms with Crippen molar-refractivity contribution in [1.29, 1.82) is 0 Å². The number of aliphatic carboxylic acids is 1.